The van der Waals surface area contributed by atoms with E-state index in [1.165, 1.54) is 12.1 Å². The van der Waals surface area contributed by atoms with Gasteiger partial charge in [0.15, 0.2) is 6.23 Å². The van der Waals surface area contributed by atoms with Gasteiger partial charge in [0.2, 0.25) is 0 Å². The first-order valence-corrected chi connectivity index (χ1v) is 7.88. The number of aliphatic hydroxyl groups excluding tert-OH is 1. The smallest absolute Gasteiger partial charge is 0.153 e. The van der Waals surface area contributed by atoms with Crippen molar-refractivity contribution in [3.8, 4) is 0 Å². The molecule has 7 heteroatoms. The minimum atomic E-state index is -0.893. The first-order valence-electron chi connectivity index (χ1n) is 7.09. The van der Waals surface area contributed by atoms with Gasteiger partial charge in [0.25, 0.3) is 0 Å². The van der Waals surface area contributed by atoms with E-state index >= 15 is 0 Å². The van der Waals surface area contributed by atoms with Crippen molar-refractivity contribution in [3.63, 3.8) is 0 Å². The quantitative estimate of drug-likeness (QED) is 0.699. The molecular weight excluding hydrogens is 363 g/mol. The fourth-order valence-electron chi connectivity index (χ4n) is 2.72. The molecule has 2 aromatic rings. The van der Waals surface area contributed by atoms with Gasteiger partial charge in [-0.3, -0.25) is 0 Å². The Morgan fingerprint density at radius 1 is 1.35 bits per heavy atom. The molecule has 5 nitrogen and oxygen atoms in total. The molecule has 2 heterocycles. The minimum absolute atomic E-state index is 0.0283. The zero-order valence-electron chi connectivity index (χ0n) is 12.4. The molecule has 0 fully saturated rings. The summed E-state index contributed by atoms with van der Waals surface area (Å²) in [5.41, 5.74) is 14.3. The number of rotatable bonds is 2. The van der Waals surface area contributed by atoms with Crippen LogP contribution in [0.4, 0.5) is 21.6 Å². The Bertz CT molecular complexity index is 809. The van der Waals surface area contributed by atoms with Crippen molar-refractivity contribution in [2.75, 3.05) is 22.9 Å². The van der Waals surface area contributed by atoms with Crippen LogP contribution in [0.1, 0.15) is 18.1 Å². The van der Waals surface area contributed by atoms with Crippen LogP contribution in [0.3, 0.4) is 0 Å². The van der Waals surface area contributed by atoms with Gasteiger partial charge in [-0.1, -0.05) is 15.9 Å². The Labute approximate surface area is 141 Å². The second-order valence-electron chi connectivity index (χ2n) is 5.28. The minimum Gasteiger partial charge on any atom is -0.396 e. The lowest BCUT2D eigenvalue weighted by Gasteiger charge is -2.35. The molecule has 1 aromatic carbocycles. The lowest BCUT2D eigenvalue weighted by Crippen LogP contribution is -2.38. The Hall–Kier alpha value is -2.12. The maximum atomic E-state index is 13.6. The molecule has 1 aliphatic heterocycles. The molecule has 1 unspecified atom stereocenters. The highest BCUT2D eigenvalue weighted by atomic mass is 79.9. The molecule has 23 heavy (non-hydrogen) atoms. The van der Waals surface area contributed by atoms with Crippen molar-refractivity contribution in [2.45, 2.75) is 13.2 Å². The summed E-state index contributed by atoms with van der Waals surface area (Å²) in [6.07, 6.45) is 2.58. The first-order chi connectivity index (χ1) is 10.9. The number of nitrogens with zero attached hydrogens (tertiary/aromatic N) is 2. The predicted octanol–water partition coefficient (Wildman–Crippen LogP) is 2.85. The summed E-state index contributed by atoms with van der Waals surface area (Å²) in [5, 5.41) is 10.7. The van der Waals surface area contributed by atoms with E-state index in [2.05, 4.69) is 20.9 Å². The lowest BCUT2D eigenvalue weighted by atomic mass is 9.96. The zero-order valence-corrected chi connectivity index (χ0v) is 14.0. The predicted molar refractivity (Wildman–Crippen MR) is 94.1 cm³/mol. The number of aliphatic hydroxyl groups is 1. The Balaban J connectivity index is 2.20. The van der Waals surface area contributed by atoms with Crippen LogP contribution >= 0.6 is 15.9 Å². The number of likely N-dealkylation sites (N-methyl/N-ethyl adjacent to an activating group) is 1. The molecule has 0 radical (unpaired) electrons. The third kappa shape index (κ3) is 2.66. The summed E-state index contributed by atoms with van der Waals surface area (Å²) in [5.74, 6) is -0.118. The second kappa shape index (κ2) is 5.82. The van der Waals surface area contributed by atoms with Gasteiger partial charge in [0.05, 0.1) is 11.4 Å². The van der Waals surface area contributed by atoms with Crippen molar-refractivity contribution in [3.05, 3.63) is 45.8 Å². The summed E-state index contributed by atoms with van der Waals surface area (Å²) in [7, 11) is 0. The fourth-order valence-corrected chi connectivity index (χ4v) is 3.26. The molecule has 1 aliphatic rings. The van der Waals surface area contributed by atoms with Gasteiger partial charge in [-0.25, -0.2) is 9.37 Å². The summed E-state index contributed by atoms with van der Waals surface area (Å²) in [6.45, 7) is 2.50. The summed E-state index contributed by atoms with van der Waals surface area (Å²) >= 11 is 3.34. The van der Waals surface area contributed by atoms with E-state index < -0.39 is 12.0 Å². The van der Waals surface area contributed by atoms with Crippen molar-refractivity contribution in [2.24, 2.45) is 0 Å². The molecule has 1 atom stereocenters. The number of hydrogen-bond acceptors (Lipinski definition) is 5. The molecule has 5 N–H and O–H groups in total. The number of nitrogens with two attached hydrogens (primary N) is 2. The molecule has 0 spiro atoms. The number of benzene rings is 1. The van der Waals surface area contributed by atoms with Gasteiger partial charge >= 0.3 is 0 Å². The van der Waals surface area contributed by atoms with Crippen molar-refractivity contribution in [1.29, 1.82) is 0 Å². The SMILES string of the molecule is CCN1c2cc(N)ncc2C=C(c2cc(N)c(F)cc2Br)C1O. The fraction of sp³-hybridized carbons (Fsp3) is 0.188. The van der Waals surface area contributed by atoms with Gasteiger partial charge in [-0.15, -0.1) is 0 Å². The third-order valence-electron chi connectivity index (χ3n) is 3.86. The van der Waals surface area contributed by atoms with Gasteiger partial charge in [0, 0.05) is 34.4 Å². The number of nitrogen functional groups attached to an aromatic ring is 2. The van der Waals surface area contributed by atoms with E-state index in [0.717, 1.165) is 11.3 Å². The Kier molecular flexibility index (Phi) is 3.99. The first kappa shape index (κ1) is 15.8. The van der Waals surface area contributed by atoms with E-state index in [1.54, 1.807) is 17.2 Å². The lowest BCUT2D eigenvalue weighted by molar-refractivity contribution is 0.226. The maximum Gasteiger partial charge on any atom is 0.153 e. The Morgan fingerprint density at radius 2 is 2.09 bits per heavy atom. The van der Waals surface area contributed by atoms with E-state index in [-0.39, 0.29) is 5.69 Å². The molecular formula is C16H16BrFN4O. The van der Waals surface area contributed by atoms with Crippen molar-refractivity contribution in [1.82, 2.24) is 4.98 Å². The number of hydrogen-bond donors (Lipinski definition) is 3. The van der Waals surface area contributed by atoms with Crippen molar-refractivity contribution < 1.29 is 9.50 Å². The molecule has 120 valence electrons. The molecule has 1 aromatic heterocycles. The largest absolute Gasteiger partial charge is 0.396 e. The number of anilines is 3. The monoisotopic (exact) mass is 378 g/mol. The van der Waals surface area contributed by atoms with Crippen LogP contribution in [0, 0.1) is 5.82 Å². The van der Waals surface area contributed by atoms with Crippen molar-refractivity contribution >= 4 is 44.8 Å². The average Bonchev–Trinajstić information content (AvgIpc) is 2.51. The summed E-state index contributed by atoms with van der Waals surface area (Å²) < 4.78 is 14.1. The third-order valence-corrected chi connectivity index (χ3v) is 4.52. The molecule has 3 rings (SSSR count). The number of aromatic nitrogens is 1. The van der Waals surface area contributed by atoms with Crippen LogP contribution < -0.4 is 16.4 Å². The normalized spacial score (nSPS) is 17.0. The zero-order chi connectivity index (χ0) is 16.7. The number of fused-ring (bicyclic) bond motifs is 1. The van der Waals surface area contributed by atoms with E-state index in [4.69, 9.17) is 11.5 Å². The van der Waals surface area contributed by atoms with Gasteiger partial charge in [-0.05, 0) is 30.7 Å². The van der Waals surface area contributed by atoms with Crippen LogP contribution in [0.15, 0.2) is 28.9 Å². The molecule has 0 saturated heterocycles. The topological polar surface area (TPSA) is 88.4 Å². The molecule has 0 bridgehead atoms. The van der Waals surface area contributed by atoms with E-state index in [1.807, 2.05) is 13.0 Å². The second-order valence-corrected chi connectivity index (χ2v) is 6.14. The van der Waals surface area contributed by atoms with Gasteiger partial charge in [0.1, 0.15) is 11.6 Å². The average molecular weight is 379 g/mol. The highest BCUT2D eigenvalue weighted by Gasteiger charge is 2.28. The molecule has 0 saturated carbocycles. The summed E-state index contributed by atoms with van der Waals surface area (Å²) in [6, 6.07) is 4.53. The van der Waals surface area contributed by atoms with E-state index in [9.17, 15) is 9.50 Å². The van der Waals surface area contributed by atoms with Crippen LogP contribution in [0.25, 0.3) is 11.6 Å². The number of pyridine rings is 1. The molecule has 0 amide bonds. The molecule has 0 aliphatic carbocycles. The highest BCUT2D eigenvalue weighted by molar-refractivity contribution is 9.10. The van der Waals surface area contributed by atoms with Gasteiger partial charge < -0.3 is 21.5 Å². The van der Waals surface area contributed by atoms with Crippen LogP contribution in [-0.4, -0.2) is 22.9 Å². The van der Waals surface area contributed by atoms with Crippen LogP contribution in [0.5, 0.6) is 0 Å². The Morgan fingerprint density at radius 3 is 2.78 bits per heavy atom. The van der Waals surface area contributed by atoms with Gasteiger partial charge in [-0.2, -0.15) is 0 Å². The maximum absolute atomic E-state index is 13.6. The highest BCUT2D eigenvalue weighted by Crippen LogP contribution is 2.39. The van der Waals surface area contributed by atoms with Crippen LogP contribution in [-0.2, 0) is 0 Å². The van der Waals surface area contributed by atoms with E-state index in [0.29, 0.717) is 28.0 Å². The van der Waals surface area contributed by atoms with Crippen LogP contribution in [0.2, 0.25) is 0 Å². The summed E-state index contributed by atoms with van der Waals surface area (Å²) in [4.78, 5) is 5.90. The standard InChI is InChI=1S/C16H16BrFN4O/c1-2-22-14-6-15(20)21-7-8(14)3-10(16(22)23)9-4-13(19)12(18)5-11(9)17/h3-7,16,23H,2,19H2,1H3,(H2,20,21). The number of halogens is 2.